The molecule has 0 unspecified atom stereocenters. The molecule has 22 heavy (non-hydrogen) atoms. The van der Waals surface area contributed by atoms with Gasteiger partial charge in [0.05, 0.1) is 0 Å². The van der Waals surface area contributed by atoms with Crippen molar-refractivity contribution in [1.82, 2.24) is 9.80 Å². The van der Waals surface area contributed by atoms with E-state index in [0.717, 1.165) is 32.7 Å². The van der Waals surface area contributed by atoms with Crippen LogP contribution in [0.1, 0.15) is 37.0 Å². The molecule has 0 atom stereocenters. The summed E-state index contributed by atoms with van der Waals surface area (Å²) in [7, 11) is 0. The standard InChI is InChI=1S/C18H26N2O2/c1-15(2)14-19-10-12-20(13-11-19)18(22)9-8-17(21)16-6-4-3-5-7-16/h3-7,15H,8-14H2,1-2H3. The van der Waals surface area contributed by atoms with Crippen LogP contribution >= 0.6 is 0 Å². The molecule has 0 N–H and O–H groups in total. The summed E-state index contributed by atoms with van der Waals surface area (Å²) >= 11 is 0. The number of rotatable bonds is 6. The van der Waals surface area contributed by atoms with E-state index in [2.05, 4.69) is 18.7 Å². The highest BCUT2D eigenvalue weighted by atomic mass is 16.2. The number of carbonyl (C=O) groups excluding carboxylic acids is 2. The van der Waals surface area contributed by atoms with Crippen LogP contribution in [-0.4, -0.2) is 54.2 Å². The van der Waals surface area contributed by atoms with E-state index in [9.17, 15) is 9.59 Å². The van der Waals surface area contributed by atoms with Gasteiger partial charge in [0.15, 0.2) is 5.78 Å². The second-order valence-electron chi connectivity index (χ2n) is 6.36. The zero-order valence-corrected chi connectivity index (χ0v) is 13.6. The second kappa shape index (κ2) is 8.08. The number of nitrogens with zero attached hydrogens (tertiary/aromatic N) is 2. The highest BCUT2D eigenvalue weighted by Gasteiger charge is 2.21. The number of ketones is 1. The van der Waals surface area contributed by atoms with Crippen LogP contribution in [-0.2, 0) is 4.79 Å². The van der Waals surface area contributed by atoms with Crippen LogP contribution in [0.25, 0.3) is 0 Å². The van der Waals surface area contributed by atoms with Crippen molar-refractivity contribution in [3.8, 4) is 0 Å². The molecule has 1 fully saturated rings. The number of amides is 1. The van der Waals surface area contributed by atoms with Gasteiger partial charge in [-0.1, -0.05) is 44.2 Å². The molecule has 0 spiro atoms. The Balaban J connectivity index is 1.73. The quantitative estimate of drug-likeness (QED) is 0.758. The molecule has 1 aromatic carbocycles. The maximum atomic E-state index is 12.2. The minimum absolute atomic E-state index is 0.0485. The number of piperazine rings is 1. The molecular weight excluding hydrogens is 276 g/mol. The Morgan fingerprint density at radius 3 is 2.23 bits per heavy atom. The number of carbonyl (C=O) groups is 2. The van der Waals surface area contributed by atoms with Crippen LogP contribution in [0.3, 0.4) is 0 Å². The Labute approximate surface area is 133 Å². The van der Waals surface area contributed by atoms with Gasteiger partial charge in [0.25, 0.3) is 0 Å². The summed E-state index contributed by atoms with van der Waals surface area (Å²) in [5.41, 5.74) is 0.692. The van der Waals surface area contributed by atoms with E-state index < -0.39 is 0 Å². The first-order valence-electron chi connectivity index (χ1n) is 8.14. The third kappa shape index (κ3) is 4.95. The van der Waals surface area contributed by atoms with Gasteiger partial charge >= 0.3 is 0 Å². The highest BCUT2D eigenvalue weighted by molar-refractivity contribution is 5.97. The summed E-state index contributed by atoms with van der Waals surface area (Å²) in [5, 5.41) is 0. The van der Waals surface area contributed by atoms with E-state index in [-0.39, 0.29) is 11.7 Å². The van der Waals surface area contributed by atoms with E-state index in [1.54, 1.807) is 12.1 Å². The fourth-order valence-corrected chi connectivity index (χ4v) is 2.84. The van der Waals surface area contributed by atoms with Crippen LogP contribution in [0.15, 0.2) is 30.3 Å². The molecule has 0 aromatic heterocycles. The van der Waals surface area contributed by atoms with Crippen molar-refractivity contribution in [1.29, 1.82) is 0 Å². The molecule has 1 heterocycles. The highest BCUT2D eigenvalue weighted by Crippen LogP contribution is 2.10. The van der Waals surface area contributed by atoms with E-state index in [0.29, 0.717) is 24.3 Å². The molecule has 2 rings (SSSR count). The van der Waals surface area contributed by atoms with Crippen molar-refractivity contribution >= 4 is 11.7 Å². The molecule has 1 aliphatic rings. The van der Waals surface area contributed by atoms with Crippen LogP contribution in [0.5, 0.6) is 0 Å². The smallest absolute Gasteiger partial charge is 0.223 e. The predicted octanol–water partition coefficient (Wildman–Crippen LogP) is 2.45. The lowest BCUT2D eigenvalue weighted by molar-refractivity contribution is -0.132. The summed E-state index contributed by atoms with van der Waals surface area (Å²) < 4.78 is 0. The maximum Gasteiger partial charge on any atom is 0.223 e. The van der Waals surface area contributed by atoms with Crippen LogP contribution < -0.4 is 0 Å². The number of benzene rings is 1. The lowest BCUT2D eigenvalue weighted by Crippen LogP contribution is -2.49. The molecular formula is C18H26N2O2. The molecule has 0 saturated carbocycles. The van der Waals surface area contributed by atoms with Crippen molar-refractivity contribution in [2.45, 2.75) is 26.7 Å². The summed E-state index contributed by atoms with van der Waals surface area (Å²) in [6.07, 6.45) is 0.618. The minimum Gasteiger partial charge on any atom is -0.340 e. The zero-order chi connectivity index (χ0) is 15.9. The van der Waals surface area contributed by atoms with E-state index in [4.69, 9.17) is 0 Å². The van der Waals surface area contributed by atoms with Gasteiger partial charge in [-0.3, -0.25) is 14.5 Å². The minimum atomic E-state index is 0.0485. The van der Waals surface area contributed by atoms with Gasteiger partial charge in [0.2, 0.25) is 5.91 Å². The van der Waals surface area contributed by atoms with Gasteiger partial charge in [0, 0.05) is 51.1 Å². The lowest BCUT2D eigenvalue weighted by Gasteiger charge is -2.35. The first-order chi connectivity index (χ1) is 10.6. The monoisotopic (exact) mass is 302 g/mol. The van der Waals surface area contributed by atoms with Crippen molar-refractivity contribution in [2.24, 2.45) is 5.92 Å². The summed E-state index contributed by atoms with van der Waals surface area (Å²) in [6, 6.07) is 9.19. The SMILES string of the molecule is CC(C)CN1CCN(C(=O)CCC(=O)c2ccccc2)CC1. The third-order valence-corrected chi connectivity index (χ3v) is 4.01. The molecule has 120 valence electrons. The average Bonchev–Trinajstić information content (AvgIpc) is 2.53. The second-order valence-corrected chi connectivity index (χ2v) is 6.36. The predicted molar refractivity (Wildman–Crippen MR) is 87.9 cm³/mol. The van der Waals surface area contributed by atoms with Crippen molar-refractivity contribution in [3.05, 3.63) is 35.9 Å². The van der Waals surface area contributed by atoms with Gasteiger partial charge in [-0.25, -0.2) is 0 Å². The van der Waals surface area contributed by atoms with Crippen LogP contribution in [0, 0.1) is 5.92 Å². The Morgan fingerprint density at radius 2 is 1.64 bits per heavy atom. The Morgan fingerprint density at radius 1 is 1.00 bits per heavy atom. The Hall–Kier alpha value is -1.68. The number of hydrogen-bond acceptors (Lipinski definition) is 3. The van der Waals surface area contributed by atoms with Gasteiger partial charge in [-0.2, -0.15) is 0 Å². The molecule has 4 heteroatoms. The lowest BCUT2D eigenvalue weighted by atomic mass is 10.1. The van der Waals surface area contributed by atoms with Gasteiger partial charge in [-0.05, 0) is 5.92 Å². The topological polar surface area (TPSA) is 40.6 Å². The zero-order valence-electron chi connectivity index (χ0n) is 13.6. The van der Waals surface area contributed by atoms with Crippen molar-refractivity contribution in [2.75, 3.05) is 32.7 Å². The van der Waals surface area contributed by atoms with E-state index in [1.807, 2.05) is 23.1 Å². The summed E-state index contributed by atoms with van der Waals surface area (Å²) in [5.74, 6) is 0.812. The number of hydrogen-bond donors (Lipinski definition) is 0. The first-order valence-corrected chi connectivity index (χ1v) is 8.14. The molecule has 1 saturated heterocycles. The van der Waals surface area contributed by atoms with Gasteiger partial charge in [-0.15, -0.1) is 0 Å². The fourth-order valence-electron chi connectivity index (χ4n) is 2.84. The summed E-state index contributed by atoms with van der Waals surface area (Å²) in [6.45, 7) is 8.97. The molecule has 0 aliphatic carbocycles. The molecule has 1 amide bonds. The third-order valence-electron chi connectivity index (χ3n) is 4.01. The van der Waals surface area contributed by atoms with E-state index >= 15 is 0 Å². The first kappa shape index (κ1) is 16.7. The molecule has 0 bridgehead atoms. The van der Waals surface area contributed by atoms with Gasteiger partial charge in [0.1, 0.15) is 0 Å². The maximum absolute atomic E-state index is 12.2. The van der Waals surface area contributed by atoms with Crippen molar-refractivity contribution in [3.63, 3.8) is 0 Å². The number of Topliss-reactive ketones (excluding diaryl/α,β-unsaturated/α-hetero) is 1. The van der Waals surface area contributed by atoms with Crippen molar-refractivity contribution < 1.29 is 9.59 Å². The summed E-state index contributed by atoms with van der Waals surface area (Å²) in [4.78, 5) is 28.5. The average molecular weight is 302 g/mol. The molecule has 1 aliphatic heterocycles. The van der Waals surface area contributed by atoms with E-state index in [1.165, 1.54) is 0 Å². The normalized spacial score (nSPS) is 16.0. The fraction of sp³-hybridized carbons (Fsp3) is 0.556. The Kier molecular flexibility index (Phi) is 6.13. The van der Waals surface area contributed by atoms with Gasteiger partial charge < -0.3 is 4.90 Å². The largest absolute Gasteiger partial charge is 0.340 e. The molecule has 4 nitrogen and oxygen atoms in total. The van der Waals surface area contributed by atoms with Crippen LogP contribution in [0.4, 0.5) is 0 Å². The molecule has 0 radical (unpaired) electrons. The Bertz CT molecular complexity index is 491. The van der Waals surface area contributed by atoms with Crippen LogP contribution in [0.2, 0.25) is 0 Å². The molecule has 1 aromatic rings.